The summed E-state index contributed by atoms with van der Waals surface area (Å²) in [4.78, 5) is 13.2. The van der Waals surface area contributed by atoms with Gasteiger partial charge in [0.05, 0.1) is 19.8 Å². The third kappa shape index (κ3) is 4.22. The van der Waals surface area contributed by atoms with E-state index < -0.39 is 10.0 Å². The molecule has 1 saturated carbocycles. The first-order chi connectivity index (χ1) is 12.0. The first-order valence-electron chi connectivity index (χ1n) is 8.67. The Bertz CT molecular complexity index is 698. The summed E-state index contributed by atoms with van der Waals surface area (Å²) in [7, 11) is -3.47. The summed E-state index contributed by atoms with van der Waals surface area (Å²) in [6, 6.07) is 3.39. The Balaban J connectivity index is 1.59. The van der Waals surface area contributed by atoms with Crippen LogP contribution in [0, 0.1) is 11.8 Å². The SMILES string of the molecule is NC[C@H]1CCC[C@H]1C(=O)NCc1ccc(S(=O)(=O)N2CCOCC2)s1. The zero-order valence-electron chi connectivity index (χ0n) is 14.1. The lowest BCUT2D eigenvalue weighted by atomic mass is 9.95. The van der Waals surface area contributed by atoms with Crippen LogP contribution < -0.4 is 11.1 Å². The summed E-state index contributed by atoms with van der Waals surface area (Å²) < 4.78 is 32.2. The van der Waals surface area contributed by atoms with Gasteiger partial charge in [0.15, 0.2) is 0 Å². The number of hydrogen-bond acceptors (Lipinski definition) is 6. The number of morpholine rings is 1. The van der Waals surface area contributed by atoms with Crippen molar-refractivity contribution in [1.82, 2.24) is 9.62 Å². The molecular weight excluding hydrogens is 362 g/mol. The minimum absolute atomic E-state index is 0.0125. The lowest BCUT2D eigenvalue weighted by molar-refractivity contribution is -0.126. The predicted molar refractivity (Wildman–Crippen MR) is 95.6 cm³/mol. The molecule has 0 radical (unpaired) electrons. The van der Waals surface area contributed by atoms with Crippen LogP contribution in [-0.4, -0.2) is 51.5 Å². The number of nitrogens with zero attached hydrogens (tertiary/aromatic N) is 1. The average molecular weight is 388 g/mol. The summed E-state index contributed by atoms with van der Waals surface area (Å²) in [5.74, 6) is 0.279. The second kappa shape index (κ2) is 8.13. The molecule has 0 aromatic carbocycles. The molecule has 1 aliphatic heterocycles. The predicted octanol–water partition coefficient (Wildman–Crippen LogP) is 0.760. The van der Waals surface area contributed by atoms with Gasteiger partial charge in [-0.15, -0.1) is 11.3 Å². The van der Waals surface area contributed by atoms with Crippen LogP contribution in [0.25, 0.3) is 0 Å². The normalized spacial score (nSPS) is 25.2. The van der Waals surface area contributed by atoms with Crippen molar-refractivity contribution in [2.75, 3.05) is 32.8 Å². The Labute approximate surface area is 152 Å². The van der Waals surface area contributed by atoms with Crippen molar-refractivity contribution in [2.24, 2.45) is 17.6 Å². The highest BCUT2D eigenvalue weighted by Crippen LogP contribution is 2.31. The van der Waals surface area contributed by atoms with E-state index in [0.717, 1.165) is 24.1 Å². The van der Waals surface area contributed by atoms with E-state index in [9.17, 15) is 13.2 Å². The van der Waals surface area contributed by atoms with E-state index in [1.807, 2.05) is 0 Å². The smallest absolute Gasteiger partial charge is 0.252 e. The highest BCUT2D eigenvalue weighted by Gasteiger charge is 2.32. The van der Waals surface area contributed by atoms with E-state index in [1.165, 1.54) is 15.6 Å². The van der Waals surface area contributed by atoms with E-state index in [-0.39, 0.29) is 17.7 Å². The molecule has 1 saturated heterocycles. The van der Waals surface area contributed by atoms with E-state index in [2.05, 4.69) is 5.32 Å². The number of thiophene rings is 1. The van der Waals surface area contributed by atoms with Crippen LogP contribution in [0.15, 0.2) is 16.3 Å². The fourth-order valence-electron chi connectivity index (χ4n) is 3.48. The highest BCUT2D eigenvalue weighted by atomic mass is 32.2. The van der Waals surface area contributed by atoms with Gasteiger partial charge >= 0.3 is 0 Å². The van der Waals surface area contributed by atoms with Gasteiger partial charge in [0, 0.05) is 23.9 Å². The van der Waals surface area contributed by atoms with Gasteiger partial charge in [-0.1, -0.05) is 6.42 Å². The third-order valence-electron chi connectivity index (χ3n) is 4.94. The van der Waals surface area contributed by atoms with Gasteiger partial charge in [0.2, 0.25) is 5.91 Å². The Morgan fingerprint density at radius 3 is 2.80 bits per heavy atom. The van der Waals surface area contributed by atoms with E-state index in [1.54, 1.807) is 12.1 Å². The van der Waals surface area contributed by atoms with Gasteiger partial charge in [0.25, 0.3) is 10.0 Å². The van der Waals surface area contributed by atoms with Gasteiger partial charge in [-0.25, -0.2) is 8.42 Å². The number of nitrogens with one attached hydrogen (secondary N) is 1. The monoisotopic (exact) mass is 387 g/mol. The quantitative estimate of drug-likeness (QED) is 0.750. The van der Waals surface area contributed by atoms with Gasteiger partial charge < -0.3 is 15.8 Å². The number of rotatable bonds is 6. The van der Waals surface area contributed by atoms with Crippen molar-refractivity contribution in [3.8, 4) is 0 Å². The average Bonchev–Trinajstić information content (AvgIpc) is 3.29. The molecule has 25 heavy (non-hydrogen) atoms. The number of carbonyl (C=O) groups is 1. The first-order valence-corrected chi connectivity index (χ1v) is 10.9. The van der Waals surface area contributed by atoms with Crippen molar-refractivity contribution >= 4 is 27.3 Å². The van der Waals surface area contributed by atoms with E-state index >= 15 is 0 Å². The van der Waals surface area contributed by atoms with E-state index in [0.29, 0.717) is 43.6 Å². The maximum absolute atomic E-state index is 12.6. The molecule has 9 heteroatoms. The summed E-state index contributed by atoms with van der Waals surface area (Å²) in [6.45, 7) is 2.52. The van der Waals surface area contributed by atoms with Crippen LogP contribution in [0.2, 0.25) is 0 Å². The second-order valence-corrected chi connectivity index (χ2v) is 9.82. The molecule has 3 N–H and O–H groups in total. The molecule has 1 aromatic rings. The lowest BCUT2D eigenvalue weighted by Gasteiger charge is -2.25. The Hall–Kier alpha value is -1.00. The van der Waals surface area contributed by atoms with Crippen LogP contribution >= 0.6 is 11.3 Å². The molecule has 1 aliphatic carbocycles. The Morgan fingerprint density at radius 2 is 2.08 bits per heavy atom. The van der Waals surface area contributed by atoms with Crippen molar-refractivity contribution in [1.29, 1.82) is 0 Å². The van der Waals surface area contributed by atoms with Crippen molar-refractivity contribution in [3.63, 3.8) is 0 Å². The van der Waals surface area contributed by atoms with Crippen LogP contribution in [0.3, 0.4) is 0 Å². The minimum Gasteiger partial charge on any atom is -0.379 e. The number of hydrogen-bond donors (Lipinski definition) is 2. The first kappa shape index (κ1) is 18.8. The van der Waals surface area contributed by atoms with Crippen molar-refractivity contribution < 1.29 is 17.9 Å². The number of ether oxygens (including phenoxy) is 1. The highest BCUT2D eigenvalue weighted by molar-refractivity contribution is 7.91. The Kier molecular flexibility index (Phi) is 6.11. The van der Waals surface area contributed by atoms with Gasteiger partial charge in [-0.2, -0.15) is 4.31 Å². The lowest BCUT2D eigenvalue weighted by Crippen LogP contribution is -2.40. The molecular formula is C16H25N3O4S2. The molecule has 7 nitrogen and oxygen atoms in total. The maximum Gasteiger partial charge on any atom is 0.252 e. The maximum atomic E-state index is 12.6. The van der Waals surface area contributed by atoms with Crippen LogP contribution in [0.4, 0.5) is 0 Å². The molecule has 1 aromatic heterocycles. The van der Waals surface area contributed by atoms with Crippen LogP contribution in [0.5, 0.6) is 0 Å². The number of carbonyl (C=O) groups excluding carboxylic acids is 1. The van der Waals surface area contributed by atoms with Crippen LogP contribution in [0.1, 0.15) is 24.1 Å². The molecule has 140 valence electrons. The summed E-state index contributed by atoms with van der Waals surface area (Å²) >= 11 is 1.21. The zero-order chi connectivity index (χ0) is 17.9. The molecule has 0 bridgehead atoms. The fraction of sp³-hybridized carbons (Fsp3) is 0.688. The number of nitrogens with two attached hydrogens (primary N) is 1. The van der Waals surface area contributed by atoms with Gasteiger partial charge in [-0.05, 0) is 37.4 Å². The topological polar surface area (TPSA) is 102 Å². The fourth-order valence-corrected chi connectivity index (χ4v) is 6.33. The summed E-state index contributed by atoms with van der Waals surface area (Å²) in [6.07, 6.45) is 2.94. The Morgan fingerprint density at radius 1 is 1.32 bits per heavy atom. The zero-order valence-corrected chi connectivity index (χ0v) is 15.8. The molecule has 2 atom stereocenters. The minimum atomic E-state index is -3.47. The van der Waals surface area contributed by atoms with Gasteiger partial charge in [0.1, 0.15) is 4.21 Å². The number of amides is 1. The molecule has 2 fully saturated rings. The van der Waals surface area contributed by atoms with Crippen molar-refractivity contribution in [3.05, 3.63) is 17.0 Å². The molecule has 1 amide bonds. The van der Waals surface area contributed by atoms with Crippen molar-refractivity contribution in [2.45, 2.75) is 30.0 Å². The molecule has 2 heterocycles. The van der Waals surface area contributed by atoms with Crippen LogP contribution in [-0.2, 0) is 26.1 Å². The molecule has 0 spiro atoms. The largest absolute Gasteiger partial charge is 0.379 e. The van der Waals surface area contributed by atoms with Gasteiger partial charge in [-0.3, -0.25) is 4.79 Å². The summed E-state index contributed by atoms with van der Waals surface area (Å²) in [5.41, 5.74) is 5.73. The second-order valence-electron chi connectivity index (χ2n) is 6.49. The molecule has 0 unspecified atom stereocenters. The molecule has 2 aliphatic rings. The van der Waals surface area contributed by atoms with E-state index in [4.69, 9.17) is 10.5 Å². The summed E-state index contributed by atoms with van der Waals surface area (Å²) in [5, 5.41) is 2.94. The standard InChI is InChI=1S/C16H25N3O4S2/c17-10-12-2-1-3-14(12)16(20)18-11-13-4-5-15(24-13)25(21,22)19-6-8-23-9-7-19/h4-5,12,14H,1-3,6-11,17H2,(H,18,20)/t12-,14-/m1/s1. The third-order valence-corrected chi connectivity index (χ3v) is 8.39. The molecule has 3 rings (SSSR count). The number of sulfonamides is 1.